The van der Waals surface area contributed by atoms with E-state index in [0.717, 1.165) is 6.42 Å². The van der Waals surface area contributed by atoms with E-state index in [1.165, 1.54) is 18.2 Å². The molecule has 116 valence electrons. The Hall–Kier alpha value is -1.62. The summed E-state index contributed by atoms with van der Waals surface area (Å²) in [7, 11) is -2.06. The van der Waals surface area contributed by atoms with Gasteiger partial charge in [-0.25, -0.2) is 13.1 Å². The predicted molar refractivity (Wildman–Crippen MR) is 78.6 cm³/mol. The SMILES string of the molecule is CCCOc1ccc(S(=O)(=O)NCCCOC)cc1C#N. The molecule has 0 aromatic heterocycles. The first kappa shape index (κ1) is 17.4. The molecule has 0 unspecified atom stereocenters. The zero-order valence-corrected chi connectivity index (χ0v) is 13.1. The highest BCUT2D eigenvalue weighted by Crippen LogP contribution is 2.22. The number of methoxy groups -OCH3 is 1. The van der Waals surface area contributed by atoms with Crippen molar-refractivity contribution < 1.29 is 17.9 Å². The summed E-state index contributed by atoms with van der Waals surface area (Å²) in [6, 6.07) is 6.23. The Morgan fingerprint density at radius 1 is 1.33 bits per heavy atom. The molecule has 0 aliphatic heterocycles. The summed E-state index contributed by atoms with van der Waals surface area (Å²) in [5.41, 5.74) is 0.211. The van der Waals surface area contributed by atoms with Crippen LogP contribution in [0.3, 0.4) is 0 Å². The van der Waals surface area contributed by atoms with E-state index >= 15 is 0 Å². The molecule has 0 fully saturated rings. The van der Waals surface area contributed by atoms with Crippen LogP contribution < -0.4 is 9.46 Å². The zero-order valence-electron chi connectivity index (χ0n) is 12.3. The van der Waals surface area contributed by atoms with Gasteiger partial charge in [-0.3, -0.25) is 0 Å². The van der Waals surface area contributed by atoms with E-state index in [4.69, 9.17) is 14.7 Å². The average Bonchev–Trinajstić information content (AvgIpc) is 2.49. The molecule has 21 heavy (non-hydrogen) atoms. The van der Waals surface area contributed by atoms with Crippen molar-refractivity contribution in [3.63, 3.8) is 0 Å². The maximum Gasteiger partial charge on any atom is 0.240 e. The molecule has 1 aromatic rings. The first-order chi connectivity index (χ1) is 10.0. The van der Waals surface area contributed by atoms with E-state index in [1.54, 1.807) is 7.11 Å². The lowest BCUT2D eigenvalue weighted by atomic mass is 10.2. The Kier molecular flexibility index (Phi) is 7.15. The number of nitrogens with one attached hydrogen (secondary N) is 1. The lowest BCUT2D eigenvalue weighted by molar-refractivity contribution is 0.196. The fraction of sp³-hybridized carbons (Fsp3) is 0.500. The maximum absolute atomic E-state index is 12.1. The zero-order chi connectivity index (χ0) is 15.7. The molecule has 7 heteroatoms. The van der Waals surface area contributed by atoms with Crippen molar-refractivity contribution in [1.82, 2.24) is 4.72 Å². The van der Waals surface area contributed by atoms with E-state index < -0.39 is 10.0 Å². The molecule has 0 saturated carbocycles. The molecule has 0 spiro atoms. The lowest BCUT2D eigenvalue weighted by Gasteiger charge is -2.10. The van der Waals surface area contributed by atoms with Gasteiger partial charge in [0.25, 0.3) is 0 Å². The molecule has 1 rings (SSSR count). The van der Waals surface area contributed by atoms with Gasteiger partial charge in [-0.2, -0.15) is 5.26 Å². The van der Waals surface area contributed by atoms with Crippen molar-refractivity contribution >= 4 is 10.0 Å². The smallest absolute Gasteiger partial charge is 0.240 e. The minimum Gasteiger partial charge on any atom is -0.492 e. The second-order valence-electron chi connectivity index (χ2n) is 4.36. The Bertz CT molecular complexity index is 593. The minimum atomic E-state index is -3.62. The summed E-state index contributed by atoms with van der Waals surface area (Å²) in [6.45, 7) is 3.20. The van der Waals surface area contributed by atoms with E-state index in [9.17, 15) is 8.42 Å². The number of ether oxygens (including phenoxy) is 2. The third-order valence-electron chi connectivity index (χ3n) is 2.66. The van der Waals surface area contributed by atoms with Crippen LogP contribution in [0, 0.1) is 11.3 Å². The molecule has 6 nitrogen and oxygen atoms in total. The summed E-state index contributed by atoms with van der Waals surface area (Å²) in [6.07, 6.45) is 1.39. The molecule has 0 saturated heterocycles. The fourth-order valence-corrected chi connectivity index (χ4v) is 2.71. The van der Waals surface area contributed by atoms with Gasteiger partial charge < -0.3 is 9.47 Å². The number of nitriles is 1. The van der Waals surface area contributed by atoms with E-state index in [-0.39, 0.29) is 17.0 Å². The quantitative estimate of drug-likeness (QED) is 0.701. The highest BCUT2D eigenvalue weighted by atomic mass is 32.2. The first-order valence-corrected chi connectivity index (χ1v) is 8.19. The largest absolute Gasteiger partial charge is 0.492 e. The summed E-state index contributed by atoms with van der Waals surface area (Å²) >= 11 is 0. The van der Waals surface area contributed by atoms with Crippen LogP contribution in [0.25, 0.3) is 0 Å². The van der Waals surface area contributed by atoms with Gasteiger partial charge in [0, 0.05) is 20.3 Å². The van der Waals surface area contributed by atoms with E-state index in [0.29, 0.717) is 25.4 Å². The van der Waals surface area contributed by atoms with Gasteiger partial charge in [0.15, 0.2) is 0 Å². The van der Waals surface area contributed by atoms with Crippen LogP contribution >= 0.6 is 0 Å². The van der Waals surface area contributed by atoms with Crippen molar-refractivity contribution in [2.24, 2.45) is 0 Å². The molecule has 1 aromatic carbocycles. The Morgan fingerprint density at radius 3 is 2.71 bits per heavy atom. The fourth-order valence-electron chi connectivity index (χ4n) is 1.61. The van der Waals surface area contributed by atoms with Crippen molar-refractivity contribution in [3.05, 3.63) is 23.8 Å². The number of rotatable bonds is 9. The Morgan fingerprint density at radius 2 is 2.10 bits per heavy atom. The molecule has 0 aliphatic rings. The molecule has 0 amide bonds. The molecular formula is C14H20N2O4S. The van der Waals surface area contributed by atoms with Gasteiger partial charge in [0.05, 0.1) is 17.1 Å². The topological polar surface area (TPSA) is 88.4 Å². The summed E-state index contributed by atoms with van der Waals surface area (Å²) in [4.78, 5) is 0.0558. The van der Waals surface area contributed by atoms with Crippen molar-refractivity contribution in [1.29, 1.82) is 5.26 Å². The monoisotopic (exact) mass is 312 g/mol. The van der Waals surface area contributed by atoms with Gasteiger partial charge in [-0.15, -0.1) is 0 Å². The van der Waals surface area contributed by atoms with Gasteiger partial charge in [0.1, 0.15) is 11.8 Å². The highest BCUT2D eigenvalue weighted by Gasteiger charge is 2.16. The van der Waals surface area contributed by atoms with Crippen molar-refractivity contribution in [2.45, 2.75) is 24.7 Å². The van der Waals surface area contributed by atoms with E-state index in [1.807, 2.05) is 13.0 Å². The number of hydrogen-bond donors (Lipinski definition) is 1. The van der Waals surface area contributed by atoms with Crippen LogP contribution in [-0.2, 0) is 14.8 Å². The van der Waals surface area contributed by atoms with Crippen LogP contribution in [0.4, 0.5) is 0 Å². The Balaban J connectivity index is 2.85. The van der Waals surface area contributed by atoms with Crippen LogP contribution in [0.1, 0.15) is 25.3 Å². The van der Waals surface area contributed by atoms with Gasteiger partial charge >= 0.3 is 0 Å². The minimum absolute atomic E-state index is 0.0558. The molecule has 0 heterocycles. The standard InChI is InChI=1S/C14H20N2O4S/c1-3-8-20-14-6-5-13(10-12(14)11-15)21(17,18)16-7-4-9-19-2/h5-6,10,16H,3-4,7-9H2,1-2H3. The van der Waals surface area contributed by atoms with Crippen molar-refractivity contribution in [2.75, 3.05) is 26.9 Å². The third-order valence-corrected chi connectivity index (χ3v) is 4.12. The van der Waals surface area contributed by atoms with Crippen LogP contribution in [-0.4, -0.2) is 35.3 Å². The Labute approximate surface area is 125 Å². The number of hydrogen-bond acceptors (Lipinski definition) is 5. The molecule has 0 bridgehead atoms. The summed E-state index contributed by atoms with van der Waals surface area (Å²) in [5, 5.41) is 9.09. The van der Waals surface area contributed by atoms with Gasteiger partial charge in [-0.05, 0) is 31.0 Å². The molecule has 0 aliphatic carbocycles. The van der Waals surface area contributed by atoms with Crippen LogP contribution in [0.15, 0.2) is 23.1 Å². The molecule has 0 radical (unpaired) electrons. The average molecular weight is 312 g/mol. The van der Waals surface area contributed by atoms with Crippen LogP contribution in [0.5, 0.6) is 5.75 Å². The molecule has 1 N–H and O–H groups in total. The first-order valence-electron chi connectivity index (χ1n) is 6.70. The number of nitrogens with zero attached hydrogens (tertiary/aromatic N) is 1. The van der Waals surface area contributed by atoms with Gasteiger partial charge in [0.2, 0.25) is 10.0 Å². The number of benzene rings is 1. The maximum atomic E-state index is 12.1. The second kappa shape index (κ2) is 8.62. The van der Waals surface area contributed by atoms with Crippen LogP contribution in [0.2, 0.25) is 0 Å². The predicted octanol–water partition coefficient (Wildman–Crippen LogP) is 1.66. The number of sulfonamides is 1. The highest BCUT2D eigenvalue weighted by molar-refractivity contribution is 7.89. The summed E-state index contributed by atoms with van der Waals surface area (Å²) < 4.78 is 36.9. The van der Waals surface area contributed by atoms with Gasteiger partial charge in [-0.1, -0.05) is 6.92 Å². The van der Waals surface area contributed by atoms with E-state index in [2.05, 4.69) is 4.72 Å². The molecule has 0 atom stereocenters. The second-order valence-corrected chi connectivity index (χ2v) is 6.13. The summed E-state index contributed by atoms with van der Waals surface area (Å²) in [5.74, 6) is 0.401. The molecular weight excluding hydrogens is 292 g/mol. The normalized spacial score (nSPS) is 11.1. The third kappa shape index (κ3) is 5.34. The lowest BCUT2D eigenvalue weighted by Crippen LogP contribution is -2.25. The van der Waals surface area contributed by atoms with Crippen molar-refractivity contribution in [3.8, 4) is 11.8 Å².